The summed E-state index contributed by atoms with van der Waals surface area (Å²) in [5, 5.41) is 3.26. The average molecular weight is 387 g/mol. The summed E-state index contributed by atoms with van der Waals surface area (Å²) < 4.78 is 25.6. The van der Waals surface area contributed by atoms with Crippen LogP contribution in [0.2, 0.25) is 10.0 Å². The lowest BCUT2D eigenvalue weighted by Crippen LogP contribution is -2.23. The van der Waals surface area contributed by atoms with Crippen molar-refractivity contribution in [2.24, 2.45) is 0 Å². The Morgan fingerprint density at radius 1 is 1.08 bits per heavy atom. The number of anilines is 1. The van der Waals surface area contributed by atoms with Crippen molar-refractivity contribution in [2.45, 2.75) is 11.8 Å². The van der Waals surface area contributed by atoms with Crippen LogP contribution in [-0.4, -0.2) is 32.7 Å². The minimum absolute atomic E-state index is 0.0548. The molecule has 0 bridgehead atoms. The van der Waals surface area contributed by atoms with E-state index in [4.69, 9.17) is 23.2 Å². The van der Waals surface area contributed by atoms with Gasteiger partial charge in [0.15, 0.2) is 0 Å². The summed E-state index contributed by atoms with van der Waals surface area (Å²) in [6.07, 6.45) is 0. The number of hydrogen-bond donors (Lipinski definition) is 1. The number of amides is 1. The standard InChI is InChI=1S/C16H16Cl2N2O3S/c1-10-4-6-12(17)9-14(10)19-16(21)11-5-7-13(18)15(8-11)24(22,23)20(2)3/h4-9H,1-3H3,(H,19,21). The highest BCUT2D eigenvalue weighted by Crippen LogP contribution is 2.26. The molecule has 24 heavy (non-hydrogen) atoms. The van der Waals surface area contributed by atoms with E-state index in [0.29, 0.717) is 10.7 Å². The van der Waals surface area contributed by atoms with Gasteiger partial charge < -0.3 is 5.32 Å². The lowest BCUT2D eigenvalue weighted by molar-refractivity contribution is 0.102. The van der Waals surface area contributed by atoms with Crippen molar-refractivity contribution in [2.75, 3.05) is 19.4 Å². The van der Waals surface area contributed by atoms with Crippen LogP contribution in [0.3, 0.4) is 0 Å². The minimum atomic E-state index is -3.75. The molecule has 0 saturated carbocycles. The fraction of sp³-hybridized carbons (Fsp3) is 0.188. The summed E-state index contributed by atoms with van der Waals surface area (Å²) in [5.41, 5.74) is 1.57. The molecule has 0 saturated heterocycles. The predicted octanol–water partition coefficient (Wildman–Crippen LogP) is 3.80. The predicted molar refractivity (Wildman–Crippen MR) is 96.5 cm³/mol. The molecule has 0 fully saturated rings. The SMILES string of the molecule is Cc1ccc(Cl)cc1NC(=O)c1ccc(Cl)c(S(=O)(=O)N(C)C)c1. The monoisotopic (exact) mass is 386 g/mol. The number of sulfonamides is 1. The summed E-state index contributed by atoms with van der Waals surface area (Å²) in [5.74, 6) is -0.452. The summed E-state index contributed by atoms with van der Waals surface area (Å²) in [4.78, 5) is 12.3. The van der Waals surface area contributed by atoms with Gasteiger partial charge in [0.2, 0.25) is 10.0 Å². The molecular formula is C16H16Cl2N2O3S. The topological polar surface area (TPSA) is 66.5 Å². The van der Waals surface area contributed by atoms with Crippen LogP contribution in [0.5, 0.6) is 0 Å². The van der Waals surface area contributed by atoms with Crippen LogP contribution in [0, 0.1) is 6.92 Å². The Morgan fingerprint density at radius 2 is 1.75 bits per heavy atom. The number of nitrogens with zero attached hydrogens (tertiary/aromatic N) is 1. The molecule has 128 valence electrons. The molecule has 0 heterocycles. The number of rotatable bonds is 4. The van der Waals surface area contributed by atoms with Crippen LogP contribution >= 0.6 is 23.2 Å². The van der Waals surface area contributed by atoms with Gasteiger partial charge in [-0.2, -0.15) is 0 Å². The van der Waals surface area contributed by atoms with E-state index >= 15 is 0 Å². The molecule has 0 atom stereocenters. The molecule has 1 N–H and O–H groups in total. The molecule has 0 aromatic heterocycles. The molecule has 0 unspecified atom stereocenters. The van der Waals surface area contributed by atoms with Gasteiger partial charge in [0.05, 0.1) is 5.02 Å². The number of nitrogens with one attached hydrogen (secondary N) is 1. The summed E-state index contributed by atoms with van der Waals surface area (Å²) in [7, 11) is -0.958. The smallest absolute Gasteiger partial charge is 0.255 e. The van der Waals surface area contributed by atoms with E-state index in [1.165, 1.54) is 32.3 Å². The van der Waals surface area contributed by atoms with Gasteiger partial charge >= 0.3 is 0 Å². The largest absolute Gasteiger partial charge is 0.322 e. The summed E-state index contributed by atoms with van der Waals surface area (Å²) in [6.45, 7) is 1.83. The number of benzene rings is 2. The fourth-order valence-corrected chi connectivity index (χ4v) is 3.53. The molecule has 0 aliphatic carbocycles. The highest BCUT2D eigenvalue weighted by Gasteiger charge is 2.22. The molecule has 2 rings (SSSR count). The van der Waals surface area contributed by atoms with Gasteiger partial charge in [-0.3, -0.25) is 4.79 Å². The molecular weight excluding hydrogens is 371 g/mol. The maximum absolute atomic E-state index is 12.4. The first-order valence-corrected chi connectivity index (χ1v) is 9.12. The molecule has 5 nitrogen and oxygen atoms in total. The van der Waals surface area contributed by atoms with E-state index in [1.807, 2.05) is 6.92 Å². The number of halogens is 2. The Morgan fingerprint density at radius 3 is 2.38 bits per heavy atom. The zero-order valence-corrected chi connectivity index (χ0v) is 15.6. The molecule has 2 aromatic carbocycles. The second-order valence-corrected chi connectivity index (χ2v) is 8.31. The highest BCUT2D eigenvalue weighted by atomic mass is 35.5. The van der Waals surface area contributed by atoms with Crippen molar-refractivity contribution >= 4 is 44.8 Å². The zero-order valence-electron chi connectivity index (χ0n) is 13.3. The quantitative estimate of drug-likeness (QED) is 0.868. The Balaban J connectivity index is 2.39. The van der Waals surface area contributed by atoms with E-state index in [9.17, 15) is 13.2 Å². The highest BCUT2D eigenvalue weighted by molar-refractivity contribution is 7.89. The minimum Gasteiger partial charge on any atom is -0.322 e. The number of hydrogen-bond acceptors (Lipinski definition) is 3. The van der Waals surface area contributed by atoms with Crippen molar-refractivity contribution in [1.29, 1.82) is 0 Å². The van der Waals surface area contributed by atoms with Gasteiger partial charge in [0.1, 0.15) is 4.90 Å². The van der Waals surface area contributed by atoms with Gasteiger partial charge in [-0.05, 0) is 42.8 Å². The van der Waals surface area contributed by atoms with E-state index in [0.717, 1.165) is 9.87 Å². The first kappa shape index (κ1) is 18.7. The number of carbonyl (C=O) groups is 1. The van der Waals surface area contributed by atoms with Crippen LogP contribution in [0.4, 0.5) is 5.69 Å². The van der Waals surface area contributed by atoms with Crippen LogP contribution < -0.4 is 5.32 Å². The van der Waals surface area contributed by atoms with Gasteiger partial charge in [-0.15, -0.1) is 0 Å². The maximum Gasteiger partial charge on any atom is 0.255 e. The molecule has 8 heteroatoms. The molecule has 0 aliphatic heterocycles. The number of aryl methyl sites for hydroxylation is 1. The Hall–Kier alpha value is -1.60. The Labute approximate surface area is 151 Å². The van der Waals surface area contributed by atoms with Crippen molar-refractivity contribution < 1.29 is 13.2 Å². The second kappa shape index (κ2) is 7.11. The van der Waals surface area contributed by atoms with Gasteiger partial charge in [-0.1, -0.05) is 29.3 Å². The first-order valence-electron chi connectivity index (χ1n) is 6.92. The van der Waals surface area contributed by atoms with E-state index in [-0.39, 0.29) is 15.5 Å². The first-order chi connectivity index (χ1) is 11.1. The molecule has 0 spiro atoms. The molecule has 0 radical (unpaired) electrons. The van der Waals surface area contributed by atoms with Crippen molar-refractivity contribution in [3.63, 3.8) is 0 Å². The summed E-state index contributed by atoms with van der Waals surface area (Å²) in [6, 6.07) is 9.23. The van der Waals surface area contributed by atoms with Crippen LogP contribution in [0.1, 0.15) is 15.9 Å². The lowest BCUT2D eigenvalue weighted by Gasteiger charge is -2.14. The van der Waals surface area contributed by atoms with E-state index in [2.05, 4.69) is 5.32 Å². The molecule has 1 amide bonds. The van der Waals surface area contributed by atoms with Crippen LogP contribution in [0.15, 0.2) is 41.3 Å². The lowest BCUT2D eigenvalue weighted by atomic mass is 10.1. The van der Waals surface area contributed by atoms with Crippen molar-refractivity contribution in [1.82, 2.24) is 4.31 Å². The van der Waals surface area contributed by atoms with Crippen molar-refractivity contribution in [3.8, 4) is 0 Å². The zero-order chi connectivity index (χ0) is 18.1. The third kappa shape index (κ3) is 3.89. The Kier molecular flexibility index (Phi) is 5.55. The second-order valence-electron chi connectivity index (χ2n) is 5.35. The summed E-state index contributed by atoms with van der Waals surface area (Å²) >= 11 is 11.9. The van der Waals surface area contributed by atoms with E-state index < -0.39 is 15.9 Å². The third-order valence-electron chi connectivity index (χ3n) is 3.40. The van der Waals surface area contributed by atoms with Crippen LogP contribution in [-0.2, 0) is 10.0 Å². The van der Waals surface area contributed by atoms with Crippen LogP contribution in [0.25, 0.3) is 0 Å². The van der Waals surface area contributed by atoms with Gasteiger partial charge in [-0.25, -0.2) is 12.7 Å². The molecule has 2 aromatic rings. The normalized spacial score (nSPS) is 11.6. The maximum atomic E-state index is 12.4. The third-order valence-corrected chi connectivity index (χ3v) is 5.93. The fourth-order valence-electron chi connectivity index (χ4n) is 1.96. The average Bonchev–Trinajstić information content (AvgIpc) is 2.50. The Bertz CT molecular complexity index is 896. The van der Waals surface area contributed by atoms with Gasteiger partial charge in [0.25, 0.3) is 5.91 Å². The number of carbonyl (C=O) groups excluding carboxylic acids is 1. The van der Waals surface area contributed by atoms with Gasteiger partial charge in [0, 0.05) is 30.4 Å². The molecule has 0 aliphatic rings. The van der Waals surface area contributed by atoms with Crippen molar-refractivity contribution in [3.05, 3.63) is 57.6 Å². The van der Waals surface area contributed by atoms with E-state index in [1.54, 1.807) is 18.2 Å².